The Kier molecular flexibility index (Phi) is 4.84. The number of amides is 1. The van der Waals surface area contributed by atoms with Gasteiger partial charge in [0.1, 0.15) is 0 Å². The second-order valence-corrected chi connectivity index (χ2v) is 5.35. The summed E-state index contributed by atoms with van der Waals surface area (Å²) in [5.74, 6) is 0.115. The fourth-order valence-corrected chi connectivity index (χ4v) is 3.06. The van der Waals surface area contributed by atoms with Crippen molar-refractivity contribution >= 4 is 29.6 Å². The zero-order valence-electron chi connectivity index (χ0n) is 11.8. The van der Waals surface area contributed by atoms with Gasteiger partial charge in [0.25, 0.3) is 0 Å². The first-order chi connectivity index (χ1) is 9.28. The summed E-state index contributed by atoms with van der Waals surface area (Å²) in [6.45, 7) is 5.55. The molecule has 0 bridgehead atoms. The van der Waals surface area contributed by atoms with E-state index in [1.165, 1.54) is 23.1 Å². The molecule has 0 unspecified atom stereocenters. The number of hydrogen-bond donors (Lipinski definition) is 1. The Bertz CT molecular complexity index is 539. The van der Waals surface area contributed by atoms with Crippen molar-refractivity contribution in [3.63, 3.8) is 0 Å². The molecule has 2 aliphatic rings. The van der Waals surface area contributed by atoms with E-state index in [2.05, 4.69) is 29.3 Å². The van der Waals surface area contributed by atoms with E-state index < -0.39 is 0 Å². The van der Waals surface area contributed by atoms with E-state index in [9.17, 15) is 4.79 Å². The van der Waals surface area contributed by atoms with Crippen LogP contribution in [0.4, 0.5) is 5.69 Å². The van der Waals surface area contributed by atoms with Crippen LogP contribution in [0.5, 0.6) is 0 Å². The van der Waals surface area contributed by atoms with E-state index in [0.29, 0.717) is 6.42 Å². The predicted octanol–water partition coefficient (Wildman–Crippen LogP) is 3.10. The molecule has 1 aromatic carbocycles. The van der Waals surface area contributed by atoms with E-state index in [0.717, 1.165) is 31.7 Å². The molecule has 3 nitrogen and oxygen atoms in total. The lowest BCUT2D eigenvalue weighted by Gasteiger charge is -2.27. The number of carbonyl (C=O) groups is 1. The number of hydrogen-bond acceptors (Lipinski definition) is 2. The van der Waals surface area contributed by atoms with Crippen molar-refractivity contribution in [3.05, 3.63) is 35.4 Å². The molecule has 0 radical (unpaired) electrons. The molecule has 2 heterocycles. The normalized spacial score (nSPS) is 18.1. The van der Waals surface area contributed by atoms with Crippen molar-refractivity contribution in [2.24, 2.45) is 0 Å². The van der Waals surface area contributed by atoms with E-state index in [1.807, 2.05) is 12.1 Å². The van der Waals surface area contributed by atoms with Gasteiger partial charge in [-0.05, 0) is 42.2 Å². The molecule has 108 valence electrons. The SMILES string of the molecule is CCCN1CCC=C(c2cccc3c2CC(=O)N3)C1.Cl. The average molecular weight is 293 g/mol. The Hall–Kier alpha value is -1.32. The Morgan fingerprint density at radius 2 is 2.20 bits per heavy atom. The second kappa shape index (κ2) is 6.42. The monoisotopic (exact) mass is 292 g/mol. The van der Waals surface area contributed by atoms with Crippen LogP contribution < -0.4 is 5.32 Å². The van der Waals surface area contributed by atoms with Crippen LogP contribution in [0.15, 0.2) is 24.3 Å². The largest absolute Gasteiger partial charge is 0.326 e. The van der Waals surface area contributed by atoms with Gasteiger partial charge in [0.15, 0.2) is 0 Å². The highest BCUT2D eigenvalue weighted by molar-refractivity contribution is 6.01. The minimum Gasteiger partial charge on any atom is -0.326 e. The van der Waals surface area contributed by atoms with Crippen molar-refractivity contribution in [3.8, 4) is 0 Å². The lowest BCUT2D eigenvalue weighted by Crippen LogP contribution is -2.30. The molecule has 0 saturated carbocycles. The molecular weight excluding hydrogens is 272 g/mol. The van der Waals surface area contributed by atoms with E-state index in [4.69, 9.17) is 0 Å². The number of rotatable bonds is 3. The zero-order chi connectivity index (χ0) is 13.2. The third-order valence-corrected chi connectivity index (χ3v) is 3.90. The molecule has 0 aromatic heterocycles. The minimum absolute atomic E-state index is 0. The fraction of sp³-hybridized carbons (Fsp3) is 0.438. The van der Waals surface area contributed by atoms with Gasteiger partial charge < -0.3 is 5.32 Å². The molecule has 20 heavy (non-hydrogen) atoms. The van der Waals surface area contributed by atoms with Crippen LogP contribution in [0.2, 0.25) is 0 Å². The van der Waals surface area contributed by atoms with Gasteiger partial charge in [-0.3, -0.25) is 9.69 Å². The second-order valence-electron chi connectivity index (χ2n) is 5.35. The van der Waals surface area contributed by atoms with E-state index >= 15 is 0 Å². The number of fused-ring (bicyclic) bond motifs is 1. The van der Waals surface area contributed by atoms with Crippen LogP contribution in [0.25, 0.3) is 5.57 Å². The summed E-state index contributed by atoms with van der Waals surface area (Å²) in [6, 6.07) is 6.19. The highest BCUT2D eigenvalue weighted by Crippen LogP contribution is 2.32. The number of nitrogens with one attached hydrogen (secondary N) is 1. The Morgan fingerprint density at radius 1 is 1.35 bits per heavy atom. The lowest BCUT2D eigenvalue weighted by molar-refractivity contribution is -0.115. The molecule has 0 atom stereocenters. The maximum Gasteiger partial charge on any atom is 0.228 e. The summed E-state index contributed by atoms with van der Waals surface area (Å²) >= 11 is 0. The van der Waals surface area contributed by atoms with Crippen LogP contribution in [0, 0.1) is 0 Å². The van der Waals surface area contributed by atoms with Crippen LogP contribution in [0.1, 0.15) is 30.9 Å². The van der Waals surface area contributed by atoms with Crippen LogP contribution in [0.3, 0.4) is 0 Å². The molecule has 0 fully saturated rings. The number of halogens is 1. The maximum atomic E-state index is 11.6. The van der Waals surface area contributed by atoms with Crippen molar-refractivity contribution in [1.29, 1.82) is 0 Å². The van der Waals surface area contributed by atoms with Gasteiger partial charge in [0, 0.05) is 18.8 Å². The molecular formula is C16H21ClN2O. The molecule has 0 saturated heterocycles. The Balaban J connectivity index is 0.00000147. The van der Waals surface area contributed by atoms with Crippen molar-refractivity contribution in [2.75, 3.05) is 25.0 Å². The quantitative estimate of drug-likeness (QED) is 0.928. The van der Waals surface area contributed by atoms with Crippen LogP contribution in [-0.2, 0) is 11.2 Å². The maximum absolute atomic E-state index is 11.6. The van der Waals surface area contributed by atoms with Crippen LogP contribution in [-0.4, -0.2) is 30.4 Å². The first-order valence-electron chi connectivity index (χ1n) is 7.11. The van der Waals surface area contributed by atoms with E-state index in [1.54, 1.807) is 0 Å². The molecule has 0 aliphatic carbocycles. The highest BCUT2D eigenvalue weighted by atomic mass is 35.5. The smallest absolute Gasteiger partial charge is 0.228 e. The number of carbonyl (C=O) groups excluding carboxylic acids is 1. The van der Waals surface area contributed by atoms with Crippen molar-refractivity contribution < 1.29 is 4.79 Å². The summed E-state index contributed by atoms with van der Waals surface area (Å²) in [5.41, 5.74) is 4.82. The van der Waals surface area contributed by atoms with Crippen molar-refractivity contribution in [1.82, 2.24) is 4.90 Å². The lowest BCUT2D eigenvalue weighted by atomic mass is 9.94. The molecule has 1 aromatic rings. The molecule has 0 spiro atoms. The summed E-state index contributed by atoms with van der Waals surface area (Å²) in [4.78, 5) is 14.1. The van der Waals surface area contributed by atoms with Gasteiger partial charge in [-0.1, -0.05) is 25.1 Å². The Labute approximate surface area is 126 Å². The van der Waals surface area contributed by atoms with Gasteiger partial charge in [0.2, 0.25) is 5.91 Å². The van der Waals surface area contributed by atoms with Gasteiger partial charge in [-0.15, -0.1) is 12.4 Å². The first kappa shape index (κ1) is 15.1. The first-order valence-corrected chi connectivity index (χ1v) is 7.11. The molecule has 1 amide bonds. The predicted molar refractivity (Wildman–Crippen MR) is 85.3 cm³/mol. The number of nitrogens with zero attached hydrogens (tertiary/aromatic N) is 1. The standard InChI is InChI=1S/C16H20N2O.ClH/c1-2-8-18-9-4-5-12(11-18)13-6-3-7-15-14(13)10-16(19)17-15;/h3,5-7H,2,4,8-11H2,1H3,(H,17,19);1H. The van der Waals surface area contributed by atoms with Gasteiger partial charge in [0.05, 0.1) is 6.42 Å². The zero-order valence-corrected chi connectivity index (χ0v) is 12.6. The Morgan fingerprint density at radius 3 is 3.00 bits per heavy atom. The topological polar surface area (TPSA) is 32.3 Å². The third kappa shape index (κ3) is 2.89. The minimum atomic E-state index is 0. The van der Waals surface area contributed by atoms with Crippen molar-refractivity contribution in [2.45, 2.75) is 26.2 Å². The summed E-state index contributed by atoms with van der Waals surface area (Å²) in [6.07, 6.45) is 5.17. The van der Waals surface area contributed by atoms with Gasteiger partial charge >= 0.3 is 0 Å². The highest BCUT2D eigenvalue weighted by Gasteiger charge is 2.23. The average Bonchev–Trinajstić information content (AvgIpc) is 2.79. The molecule has 1 N–H and O–H groups in total. The van der Waals surface area contributed by atoms with Gasteiger partial charge in [-0.2, -0.15) is 0 Å². The van der Waals surface area contributed by atoms with E-state index in [-0.39, 0.29) is 18.3 Å². The van der Waals surface area contributed by atoms with Gasteiger partial charge in [-0.25, -0.2) is 0 Å². The fourth-order valence-electron chi connectivity index (χ4n) is 3.06. The number of anilines is 1. The van der Waals surface area contributed by atoms with Crippen LogP contribution >= 0.6 is 12.4 Å². The summed E-state index contributed by atoms with van der Waals surface area (Å²) in [7, 11) is 0. The molecule has 2 aliphatic heterocycles. The number of benzene rings is 1. The summed E-state index contributed by atoms with van der Waals surface area (Å²) < 4.78 is 0. The molecule has 4 heteroatoms. The third-order valence-electron chi connectivity index (χ3n) is 3.90. The molecule has 3 rings (SSSR count). The summed E-state index contributed by atoms with van der Waals surface area (Å²) in [5, 5.41) is 2.93.